The van der Waals surface area contributed by atoms with Gasteiger partial charge in [-0.3, -0.25) is 4.79 Å². The Kier molecular flexibility index (Phi) is 6.35. The largest absolute Gasteiger partial charge is 0.360 e. The van der Waals surface area contributed by atoms with Crippen molar-refractivity contribution in [2.45, 2.75) is 37.5 Å². The molecule has 2 N–H and O–H groups in total. The lowest BCUT2D eigenvalue weighted by Crippen LogP contribution is -2.36. The van der Waals surface area contributed by atoms with Crippen molar-refractivity contribution in [2.24, 2.45) is 0 Å². The first-order valence-electron chi connectivity index (χ1n) is 8.01. The molecule has 0 saturated carbocycles. The number of aromatic nitrogens is 1. The predicted octanol–water partition coefficient (Wildman–Crippen LogP) is 1.19. The molecule has 2 heterocycles. The molecule has 0 unspecified atom stereocenters. The fraction of sp³-hybridized carbons (Fsp3) is 0.600. The lowest BCUT2D eigenvalue weighted by Gasteiger charge is -2.26. The molecule has 8 heteroatoms. The van der Waals surface area contributed by atoms with Gasteiger partial charge in [-0.2, -0.15) is 4.31 Å². The molecule has 0 aromatic carbocycles. The van der Waals surface area contributed by atoms with Crippen LogP contribution in [0.5, 0.6) is 0 Å². The lowest BCUT2D eigenvalue weighted by atomic mass is 10.2. The maximum absolute atomic E-state index is 12.8. The van der Waals surface area contributed by atoms with Crippen molar-refractivity contribution in [3.8, 4) is 0 Å². The molecule has 0 radical (unpaired) electrons. The molecule has 0 aliphatic carbocycles. The molecular weight excluding hydrogens is 316 g/mol. The average molecular weight is 340 g/mol. The van der Waals surface area contributed by atoms with Crippen LogP contribution in [0, 0.1) is 0 Å². The van der Waals surface area contributed by atoms with Crippen molar-refractivity contribution < 1.29 is 13.2 Å². The summed E-state index contributed by atoms with van der Waals surface area (Å²) in [5.74, 6) is 0.0449. The van der Waals surface area contributed by atoms with Crippen molar-refractivity contribution in [2.75, 3.05) is 31.5 Å². The first-order valence-corrected chi connectivity index (χ1v) is 9.45. The molecule has 1 aliphatic heterocycles. The molecule has 1 amide bonds. The van der Waals surface area contributed by atoms with E-state index < -0.39 is 10.0 Å². The van der Waals surface area contributed by atoms with E-state index in [0.717, 1.165) is 25.7 Å². The minimum Gasteiger partial charge on any atom is -0.360 e. The van der Waals surface area contributed by atoms with Crippen LogP contribution in [0.1, 0.15) is 32.6 Å². The summed E-state index contributed by atoms with van der Waals surface area (Å²) >= 11 is 0. The number of carbonyl (C=O) groups excluding carboxylic acids is 1. The topological polar surface area (TPSA) is 91.4 Å². The highest BCUT2D eigenvalue weighted by atomic mass is 32.2. The number of sulfonamides is 1. The van der Waals surface area contributed by atoms with Gasteiger partial charge >= 0.3 is 0 Å². The number of hydrogen-bond donors (Lipinski definition) is 2. The van der Waals surface area contributed by atoms with Crippen molar-refractivity contribution >= 4 is 21.7 Å². The van der Waals surface area contributed by atoms with Gasteiger partial charge in [-0.15, -0.1) is 0 Å². The Hall–Kier alpha value is -1.67. The number of rotatable bonds is 7. The maximum atomic E-state index is 12.8. The van der Waals surface area contributed by atoms with Gasteiger partial charge in [0.2, 0.25) is 15.9 Å². The van der Waals surface area contributed by atoms with E-state index in [1.165, 1.54) is 16.6 Å². The Morgan fingerprint density at radius 3 is 2.74 bits per heavy atom. The van der Waals surface area contributed by atoms with Crippen LogP contribution in [0.15, 0.2) is 23.2 Å². The lowest BCUT2D eigenvalue weighted by molar-refractivity contribution is -0.119. The summed E-state index contributed by atoms with van der Waals surface area (Å²) in [4.78, 5) is 15.9. The Balaban J connectivity index is 2.12. The van der Waals surface area contributed by atoms with Gasteiger partial charge in [0.05, 0.1) is 6.54 Å². The first kappa shape index (κ1) is 17.7. The standard InChI is InChI=1S/C15H24N4O3S/c1-2-8-16-14(20)12-18-15-13(7-6-9-17-15)23(21,22)19-10-4-3-5-11-19/h6-7,9H,2-5,8,10-12H2,1H3,(H,16,20)(H,17,18). The third-order valence-electron chi connectivity index (χ3n) is 3.69. The van der Waals surface area contributed by atoms with E-state index in [2.05, 4.69) is 15.6 Å². The van der Waals surface area contributed by atoms with Gasteiger partial charge in [0, 0.05) is 25.8 Å². The van der Waals surface area contributed by atoms with Crippen LogP contribution in [0.4, 0.5) is 5.82 Å². The summed E-state index contributed by atoms with van der Waals surface area (Å²) in [5, 5.41) is 5.57. The summed E-state index contributed by atoms with van der Waals surface area (Å²) in [6, 6.07) is 3.13. The monoisotopic (exact) mass is 340 g/mol. The second-order valence-corrected chi connectivity index (χ2v) is 7.42. The van der Waals surface area contributed by atoms with Gasteiger partial charge < -0.3 is 10.6 Å². The Labute approximate surface area is 137 Å². The normalized spacial score (nSPS) is 16.0. The van der Waals surface area contributed by atoms with Crippen molar-refractivity contribution in [3.63, 3.8) is 0 Å². The number of nitrogens with zero attached hydrogens (tertiary/aromatic N) is 2. The zero-order valence-electron chi connectivity index (χ0n) is 13.4. The highest BCUT2D eigenvalue weighted by Gasteiger charge is 2.28. The van der Waals surface area contributed by atoms with Crippen LogP contribution in [-0.4, -0.2) is 49.8 Å². The van der Waals surface area contributed by atoms with E-state index in [9.17, 15) is 13.2 Å². The van der Waals surface area contributed by atoms with E-state index in [4.69, 9.17) is 0 Å². The first-order chi connectivity index (χ1) is 11.1. The van der Waals surface area contributed by atoms with E-state index >= 15 is 0 Å². The third-order valence-corrected chi connectivity index (χ3v) is 5.62. The van der Waals surface area contributed by atoms with Crippen LogP contribution in [0.2, 0.25) is 0 Å². The summed E-state index contributed by atoms with van der Waals surface area (Å²) in [6.45, 7) is 3.64. The Morgan fingerprint density at radius 2 is 2.04 bits per heavy atom. The summed E-state index contributed by atoms with van der Waals surface area (Å²) < 4.78 is 27.0. The summed E-state index contributed by atoms with van der Waals surface area (Å²) in [7, 11) is -3.58. The highest BCUT2D eigenvalue weighted by molar-refractivity contribution is 7.89. The van der Waals surface area contributed by atoms with E-state index in [-0.39, 0.29) is 23.2 Å². The molecule has 1 aromatic rings. The van der Waals surface area contributed by atoms with Crippen LogP contribution in [0.3, 0.4) is 0 Å². The van der Waals surface area contributed by atoms with Gasteiger partial charge in [-0.25, -0.2) is 13.4 Å². The van der Waals surface area contributed by atoms with E-state index in [0.29, 0.717) is 19.6 Å². The average Bonchev–Trinajstić information content (AvgIpc) is 2.59. The second-order valence-electron chi connectivity index (χ2n) is 5.52. The number of carbonyl (C=O) groups is 1. The van der Waals surface area contributed by atoms with Crippen molar-refractivity contribution in [1.29, 1.82) is 0 Å². The molecule has 1 aliphatic rings. The van der Waals surface area contributed by atoms with E-state index in [1.807, 2.05) is 6.92 Å². The minimum atomic E-state index is -3.58. The molecule has 0 bridgehead atoms. The van der Waals surface area contributed by atoms with E-state index in [1.54, 1.807) is 6.07 Å². The number of hydrogen-bond acceptors (Lipinski definition) is 5. The van der Waals surface area contributed by atoms with Gasteiger partial charge in [-0.1, -0.05) is 13.3 Å². The number of amides is 1. The third kappa shape index (κ3) is 4.65. The van der Waals surface area contributed by atoms with Gasteiger partial charge in [0.15, 0.2) is 0 Å². The van der Waals surface area contributed by atoms with Crippen LogP contribution in [-0.2, 0) is 14.8 Å². The summed E-state index contributed by atoms with van der Waals surface area (Å²) in [5.41, 5.74) is 0. The Bertz CT molecular complexity index is 627. The number of anilines is 1. The molecule has 23 heavy (non-hydrogen) atoms. The quantitative estimate of drug-likeness (QED) is 0.778. The van der Waals surface area contributed by atoms with Crippen LogP contribution >= 0.6 is 0 Å². The predicted molar refractivity (Wildman–Crippen MR) is 88.6 cm³/mol. The van der Waals surface area contributed by atoms with Crippen molar-refractivity contribution in [3.05, 3.63) is 18.3 Å². The molecule has 2 rings (SSSR count). The second kappa shape index (κ2) is 8.26. The number of nitrogens with one attached hydrogen (secondary N) is 2. The zero-order valence-corrected chi connectivity index (χ0v) is 14.2. The molecule has 1 saturated heterocycles. The number of piperidine rings is 1. The van der Waals surface area contributed by atoms with Gasteiger partial charge in [0.25, 0.3) is 0 Å². The summed E-state index contributed by atoms with van der Waals surface area (Å²) in [6.07, 6.45) is 5.18. The molecule has 7 nitrogen and oxygen atoms in total. The highest BCUT2D eigenvalue weighted by Crippen LogP contribution is 2.24. The van der Waals surface area contributed by atoms with Gasteiger partial charge in [-0.05, 0) is 31.4 Å². The molecule has 0 atom stereocenters. The fourth-order valence-corrected chi connectivity index (χ4v) is 4.10. The zero-order chi connectivity index (χ0) is 16.7. The Morgan fingerprint density at radius 1 is 1.30 bits per heavy atom. The maximum Gasteiger partial charge on any atom is 0.246 e. The minimum absolute atomic E-state index is 0.000463. The molecule has 128 valence electrons. The smallest absolute Gasteiger partial charge is 0.246 e. The number of pyridine rings is 1. The molecule has 1 aromatic heterocycles. The van der Waals surface area contributed by atoms with Gasteiger partial charge in [0.1, 0.15) is 10.7 Å². The molecular formula is C15H24N4O3S. The van der Waals surface area contributed by atoms with Crippen molar-refractivity contribution in [1.82, 2.24) is 14.6 Å². The molecule has 0 spiro atoms. The van der Waals surface area contributed by atoms with Crippen LogP contribution < -0.4 is 10.6 Å². The SMILES string of the molecule is CCCNC(=O)CNc1ncccc1S(=O)(=O)N1CCCCC1. The fourth-order valence-electron chi connectivity index (χ4n) is 2.47. The molecule has 1 fully saturated rings. The van der Waals surface area contributed by atoms with Crippen LogP contribution in [0.25, 0.3) is 0 Å².